The van der Waals surface area contributed by atoms with Crippen LogP contribution in [0.1, 0.15) is 206 Å². The van der Waals surface area contributed by atoms with E-state index in [0.29, 0.717) is 6.61 Å². The molecule has 1 N–H and O–H groups in total. The Hall–Kier alpha value is -0.160. The molecule has 0 radical (unpaired) electrons. The number of nitrogens with zero attached hydrogens (tertiary/aromatic N) is 1. The van der Waals surface area contributed by atoms with Crippen molar-refractivity contribution in [2.75, 3.05) is 53.2 Å². The first-order valence-electron chi connectivity index (χ1n) is 20.7. The third kappa shape index (κ3) is 36.5. The van der Waals surface area contributed by atoms with Crippen LogP contribution in [0.2, 0.25) is 0 Å². The Balaban J connectivity index is 4.13. The molecule has 0 aliphatic carbocycles. The van der Waals surface area contributed by atoms with E-state index in [4.69, 9.17) is 9.47 Å². The standard InChI is InChI=1S/C41H85NO3/c1-4-6-8-10-12-14-15-17-19-25-33-41(32-24-18-16-13-11-9-7-5-2)40-45-39-31-23-21-27-35-42(36-28-29-37-43)34-26-20-22-30-38-44-3/h41,43H,4-40H2,1-3H3. The maximum absolute atomic E-state index is 9.19. The summed E-state index contributed by atoms with van der Waals surface area (Å²) in [6.45, 7) is 11.3. The molecule has 0 fully saturated rings. The Labute approximate surface area is 284 Å². The minimum atomic E-state index is 0.324. The monoisotopic (exact) mass is 640 g/mol. The second-order valence-corrected chi connectivity index (χ2v) is 14.3. The molecule has 0 aliphatic rings. The van der Waals surface area contributed by atoms with E-state index in [2.05, 4.69) is 18.7 Å². The molecular weight excluding hydrogens is 554 g/mol. The molecule has 272 valence electrons. The van der Waals surface area contributed by atoms with Gasteiger partial charge in [0.15, 0.2) is 0 Å². The molecule has 0 rings (SSSR count). The van der Waals surface area contributed by atoms with Gasteiger partial charge in [-0.05, 0) is 76.9 Å². The lowest BCUT2D eigenvalue weighted by atomic mass is 9.94. The second-order valence-electron chi connectivity index (χ2n) is 14.3. The summed E-state index contributed by atoms with van der Waals surface area (Å²) in [6.07, 6.45) is 40.6. The first-order valence-corrected chi connectivity index (χ1v) is 20.7. The maximum atomic E-state index is 9.19. The van der Waals surface area contributed by atoms with Gasteiger partial charge in [-0.2, -0.15) is 0 Å². The summed E-state index contributed by atoms with van der Waals surface area (Å²) in [4.78, 5) is 2.64. The molecule has 1 unspecified atom stereocenters. The number of aliphatic hydroxyl groups is 1. The fourth-order valence-corrected chi connectivity index (χ4v) is 6.66. The number of aliphatic hydroxyl groups excluding tert-OH is 1. The van der Waals surface area contributed by atoms with Gasteiger partial charge in [0.05, 0.1) is 0 Å². The minimum absolute atomic E-state index is 0.324. The van der Waals surface area contributed by atoms with E-state index in [9.17, 15) is 5.11 Å². The van der Waals surface area contributed by atoms with E-state index >= 15 is 0 Å². The molecule has 1 atom stereocenters. The van der Waals surface area contributed by atoms with Gasteiger partial charge in [-0.3, -0.25) is 0 Å². The molecule has 0 saturated heterocycles. The van der Waals surface area contributed by atoms with Gasteiger partial charge in [0.2, 0.25) is 0 Å². The predicted octanol–water partition coefficient (Wildman–Crippen LogP) is 12.3. The van der Waals surface area contributed by atoms with E-state index < -0.39 is 0 Å². The molecule has 0 spiro atoms. The molecule has 45 heavy (non-hydrogen) atoms. The van der Waals surface area contributed by atoms with Crippen molar-refractivity contribution in [3.05, 3.63) is 0 Å². The summed E-state index contributed by atoms with van der Waals surface area (Å²) < 4.78 is 11.5. The lowest BCUT2D eigenvalue weighted by Crippen LogP contribution is -2.27. The summed E-state index contributed by atoms with van der Waals surface area (Å²) in [5.74, 6) is 0.779. The highest BCUT2D eigenvalue weighted by atomic mass is 16.5. The van der Waals surface area contributed by atoms with Crippen LogP contribution in [0.5, 0.6) is 0 Å². The van der Waals surface area contributed by atoms with Gasteiger partial charge in [-0.15, -0.1) is 0 Å². The normalized spacial score (nSPS) is 12.5. The van der Waals surface area contributed by atoms with Gasteiger partial charge >= 0.3 is 0 Å². The van der Waals surface area contributed by atoms with Crippen molar-refractivity contribution >= 4 is 0 Å². The van der Waals surface area contributed by atoms with E-state index in [0.717, 1.165) is 45.1 Å². The Bertz CT molecular complexity index is 517. The second kappa shape index (κ2) is 40.0. The maximum Gasteiger partial charge on any atom is 0.0494 e. The van der Waals surface area contributed by atoms with Crippen molar-refractivity contribution < 1.29 is 14.6 Å². The van der Waals surface area contributed by atoms with E-state index in [1.165, 1.54) is 193 Å². The summed E-state index contributed by atoms with van der Waals surface area (Å²) in [7, 11) is 1.80. The van der Waals surface area contributed by atoms with Crippen LogP contribution in [0.3, 0.4) is 0 Å². The number of unbranched alkanes of at least 4 members (excludes halogenated alkanes) is 23. The fraction of sp³-hybridized carbons (Fsp3) is 1.00. The zero-order chi connectivity index (χ0) is 32.7. The number of methoxy groups -OCH3 is 1. The summed E-state index contributed by atoms with van der Waals surface area (Å²) in [5, 5.41) is 9.19. The van der Waals surface area contributed by atoms with E-state index in [-0.39, 0.29) is 0 Å². The van der Waals surface area contributed by atoms with E-state index in [1.54, 1.807) is 7.11 Å². The van der Waals surface area contributed by atoms with E-state index in [1.807, 2.05) is 0 Å². The highest BCUT2D eigenvalue weighted by Crippen LogP contribution is 2.21. The largest absolute Gasteiger partial charge is 0.396 e. The minimum Gasteiger partial charge on any atom is -0.396 e. The van der Waals surface area contributed by atoms with Crippen LogP contribution < -0.4 is 0 Å². The Morgan fingerprint density at radius 2 is 0.822 bits per heavy atom. The first kappa shape index (κ1) is 44.8. The quantitative estimate of drug-likeness (QED) is 0.0677. The third-order valence-electron chi connectivity index (χ3n) is 9.75. The molecule has 0 amide bonds. The van der Waals surface area contributed by atoms with Gasteiger partial charge in [0, 0.05) is 33.5 Å². The van der Waals surface area contributed by atoms with Crippen LogP contribution in [-0.4, -0.2) is 63.2 Å². The van der Waals surface area contributed by atoms with Crippen molar-refractivity contribution in [1.29, 1.82) is 0 Å². The number of hydrogen-bond acceptors (Lipinski definition) is 4. The number of hydrogen-bond donors (Lipinski definition) is 1. The highest BCUT2D eigenvalue weighted by Gasteiger charge is 2.10. The Morgan fingerprint density at radius 3 is 1.27 bits per heavy atom. The first-order chi connectivity index (χ1) is 22.3. The van der Waals surface area contributed by atoms with Crippen molar-refractivity contribution in [3.63, 3.8) is 0 Å². The molecule has 0 aliphatic heterocycles. The number of rotatable bonds is 40. The van der Waals surface area contributed by atoms with Crippen molar-refractivity contribution in [3.8, 4) is 0 Å². The average Bonchev–Trinajstić information content (AvgIpc) is 3.05. The fourth-order valence-electron chi connectivity index (χ4n) is 6.66. The van der Waals surface area contributed by atoms with Crippen LogP contribution in [0.25, 0.3) is 0 Å². The van der Waals surface area contributed by atoms with Gasteiger partial charge in [0.1, 0.15) is 0 Å². The third-order valence-corrected chi connectivity index (χ3v) is 9.75. The van der Waals surface area contributed by atoms with Crippen LogP contribution >= 0.6 is 0 Å². The lowest BCUT2D eigenvalue weighted by Gasteiger charge is -2.22. The smallest absolute Gasteiger partial charge is 0.0494 e. The topological polar surface area (TPSA) is 41.9 Å². The van der Waals surface area contributed by atoms with Crippen LogP contribution in [0, 0.1) is 5.92 Å². The molecular formula is C41H85NO3. The lowest BCUT2D eigenvalue weighted by molar-refractivity contribution is 0.0877. The van der Waals surface area contributed by atoms with Crippen molar-refractivity contribution in [1.82, 2.24) is 4.90 Å². The van der Waals surface area contributed by atoms with Gasteiger partial charge in [-0.1, -0.05) is 155 Å². The summed E-state index contributed by atoms with van der Waals surface area (Å²) in [5.41, 5.74) is 0. The molecule has 0 bridgehead atoms. The molecule has 0 aromatic rings. The molecule has 4 nitrogen and oxygen atoms in total. The van der Waals surface area contributed by atoms with Crippen LogP contribution in [0.4, 0.5) is 0 Å². The average molecular weight is 640 g/mol. The molecule has 4 heteroatoms. The van der Waals surface area contributed by atoms with Gasteiger partial charge in [0.25, 0.3) is 0 Å². The molecule has 0 heterocycles. The van der Waals surface area contributed by atoms with Crippen LogP contribution in [0.15, 0.2) is 0 Å². The molecule has 0 aromatic heterocycles. The summed E-state index contributed by atoms with van der Waals surface area (Å²) in [6, 6.07) is 0. The predicted molar refractivity (Wildman–Crippen MR) is 200 cm³/mol. The Kier molecular flexibility index (Phi) is 39.9. The summed E-state index contributed by atoms with van der Waals surface area (Å²) >= 11 is 0. The van der Waals surface area contributed by atoms with Crippen molar-refractivity contribution in [2.24, 2.45) is 5.92 Å². The Morgan fingerprint density at radius 1 is 0.444 bits per heavy atom. The zero-order valence-corrected chi connectivity index (χ0v) is 31.5. The SMILES string of the molecule is CCCCCCCCCCCCC(CCCCCCCCCC)COCCCCCCN(CCCCO)CCCCCCOC. The molecule has 0 aromatic carbocycles. The van der Waals surface area contributed by atoms with Crippen LogP contribution in [-0.2, 0) is 9.47 Å². The van der Waals surface area contributed by atoms with Gasteiger partial charge in [-0.25, -0.2) is 0 Å². The zero-order valence-electron chi connectivity index (χ0n) is 31.5. The number of ether oxygens (including phenoxy) is 2. The van der Waals surface area contributed by atoms with Crippen molar-refractivity contribution in [2.45, 2.75) is 206 Å². The molecule has 0 saturated carbocycles. The highest BCUT2D eigenvalue weighted by molar-refractivity contribution is 4.62. The van der Waals surface area contributed by atoms with Gasteiger partial charge < -0.3 is 19.5 Å².